The quantitative estimate of drug-likeness (QED) is 0.877. The van der Waals surface area contributed by atoms with E-state index >= 15 is 0 Å². The van der Waals surface area contributed by atoms with E-state index in [1.807, 2.05) is 6.20 Å². The standard InChI is InChI=1S/C20H27N5O2/c1-4-20(27-9-1)5-7-24(8-6-20)17-10-18(22-19-16(17)11-21-23-19)25-14-2-3-15(25)13-26-12-14/h10-11,14-15H,1-9,12-13H2,(H,21,22,23). The summed E-state index contributed by atoms with van der Waals surface area (Å²) in [5, 5.41) is 8.52. The van der Waals surface area contributed by atoms with Crippen LogP contribution in [0, 0.1) is 0 Å². The summed E-state index contributed by atoms with van der Waals surface area (Å²) >= 11 is 0. The molecule has 0 saturated carbocycles. The molecule has 4 fully saturated rings. The highest BCUT2D eigenvalue weighted by molar-refractivity contribution is 5.91. The number of morpholine rings is 1. The van der Waals surface area contributed by atoms with Gasteiger partial charge in [0, 0.05) is 25.8 Å². The molecule has 0 amide bonds. The summed E-state index contributed by atoms with van der Waals surface area (Å²) < 4.78 is 11.9. The summed E-state index contributed by atoms with van der Waals surface area (Å²) in [5.41, 5.74) is 2.30. The van der Waals surface area contributed by atoms with E-state index in [0.29, 0.717) is 12.1 Å². The molecule has 4 saturated heterocycles. The van der Waals surface area contributed by atoms with E-state index < -0.39 is 0 Å². The number of piperidine rings is 1. The minimum Gasteiger partial charge on any atom is -0.377 e. The smallest absolute Gasteiger partial charge is 0.159 e. The van der Waals surface area contributed by atoms with Gasteiger partial charge in [0.15, 0.2) is 5.65 Å². The van der Waals surface area contributed by atoms with Crippen molar-refractivity contribution in [3.05, 3.63) is 12.3 Å². The second-order valence-electron chi connectivity index (χ2n) is 8.58. The Balaban J connectivity index is 1.34. The molecule has 6 heterocycles. The zero-order valence-corrected chi connectivity index (χ0v) is 15.7. The molecule has 2 aromatic heterocycles. The van der Waals surface area contributed by atoms with Crippen molar-refractivity contribution in [2.45, 2.75) is 56.2 Å². The van der Waals surface area contributed by atoms with Gasteiger partial charge >= 0.3 is 0 Å². The van der Waals surface area contributed by atoms with Gasteiger partial charge in [0.2, 0.25) is 0 Å². The second-order valence-corrected chi connectivity index (χ2v) is 8.58. The van der Waals surface area contributed by atoms with E-state index in [1.165, 1.54) is 31.4 Å². The molecule has 4 aliphatic heterocycles. The Kier molecular flexibility index (Phi) is 3.63. The minimum absolute atomic E-state index is 0.144. The summed E-state index contributed by atoms with van der Waals surface area (Å²) in [6, 6.07) is 3.21. The summed E-state index contributed by atoms with van der Waals surface area (Å²) in [6.45, 7) is 4.65. The number of H-pyrrole nitrogens is 1. The number of aromatic nitrogens is 3. The van der Waals surface area contributed by atoms with Gasteiger partial charge in [0.05, 0.1) is 48.2 Å². The van der Waals surface area contributed by atoms with Gasteiger partial charge in [-0.15, -0.1) is 0 Å². The fourth-order valence-corrected chi connectivity index (χ4v) is 5.60. The third kappa shape index (κ3) is 2.55. The monoisotopic (exact) mass is 369 g/mol. The average molecular weight is 369 g/mol. The van der Waals surface area contributed by atoms with Crippen molar-refractivity contribution in [2.24, 2.45) is 0 Å². The van der Waals surface area contributed by atoms with Crippen molar-refractivity contribution in [2.75, 3.05) is 42.7 Å². The van der Waals surface area contributed by atoms with Gasteiger partial charge in [0.1, 0.15) is 5.82 Å². The molecule has 7 heteroatoms. The predicted octanol–water partition coefficient (Wildman–Crippen LogP) is 2.47. The number of hydrogen-bond donors (Lipinski definition) is 1. The Morgan fingerprint density at radius 1 is 1.11 bits per heavy atom. The Morgan fingerprint density at radius 3 is 2.67 bits per heavy atom. The van der Waals surface area contributed by atoms with Crippen LogP contribution >= 0.6 is 0 Å². The van der Waals surface area contributed by atoms with Crippen LogP contribution in [-0.4, -0.2) is 65.8 Å². The summed E-state index contributed by atoms with van der Waals surface area (Å²) in [5.74, 6) is 1.08. The zero-order chi connectivity index (χ0) is 17.8. The van der Waals surface area contributed by atoms with Crippen molar-refractivity contribution >= 4 is 22.5 Å². The Hall–Kier alpha value is -1.86. The molecule has 1 N–H and O–H groups in total. The minimum atomic E-state index is 0.144. The van der Waals surface area contributed by atoms with E-state index in [2.05, 4.69) is 26.1 Å². The molecule has 2 atom stereocenters. The van der Waals surface area contributed by atoms with Gasteiger partial charge in [-0.05, 0) is 38.5 Å². The third-order valence-electron chi connectivity index (χ3n) is 7.09. The summed E-state index contributed by atoms with van der Waals surface area (Å²) in [6.07, 6.45) is 9.00. The third-order valence-corrected chi connectivity index (χ3v) is 7.09. The highest BCUT2D eigenvalue weighted by Gasteiger charge is 2.40. The first kappa shape index (κ1) is 16.1. The van der Waals surface area contributed by atoms with E-state index in [0.717, 1.165) is 62.6 Å². The van der Waals surface area contributed by atoms with Crippen LogP contribution in [0.1, 0.15) is 38.5 Å². The SMILES string of the molecule is c1c(N2C3CCC2COC3)nc2[nH]ncc2c1N1CCC2(CCCO2)CC1. The molecule has 0 radical (unpaired) electrons. The molecule has 2 bridgehead atoms. The molecule has 0 aromatic carbocycles. The fraction of sp³-hybridized carbons (Fsp3) is 0.700. The first-order valence-electron chi connectivity index (χ1n) is 10.4. The number of rotatable bonds is 2. The number of nitrogens with zero attached hydrogens (tertiary/aromatic N) is 4. The van der Waals surface area contributed by atoms with Gasteiger partial charge < -0.3 is 19.3 Å². The number of aromatic amines is 1. The molecule has 2 aromatic rings. The van der Waals surface area contributed by atoms with Gasteiger partial charge in [0.25, 0.3) is 0 Å². The van der Waals surface area contributed by atoms with E-state index in [9.17, 15) is 0 Å². The molecule has 7 nitrogen and oxygen atoms in total. The van der Waals surface area contributed by atoms with Crippen molar-refractivity contribution in [1.82, 2.24) is 15.2 Å². The topological polar surface area (TPSA) is 66.5 Å². The lowest BCUT2D eigenvalue weighted by Crippen LogP contribution is -2.46. The van der Waals surface area contributed by atoms with Crippen LogP contribution in [0.3, 0.4) is 0 Å². The van der Waals surface area contributed by atoms with Crippen molar-refractivity contribution in [1.29, 1.82) is 0 Å². The lowest BCUT2D eigenvalue weighted by Gasteiger charge is -2.40. The van der Waals surface area contributed by atoms with E-state index in [-0.39, 0.29) is 5.60 Å². The number of fused-ring (bicyclic) bond motifs is 3. The molecular formula is C20H27N5O2. The molecule has 2 unspecified atom stereocenters. The van der Waals surface area contributed by atoms with Crippen LogP contribution in [0.15, 0.2) is 12.3 Å². The highest BCUT2D eigenvalue weighted by atomic mass is 16.5. The number of hydrogen-bond acceptors (Lipinski definition) is 6. The van der Waals surface area contributed by atoms with Crippen LogP contribution in [-0.2, 0) is 9.47 Å². The maximum absolute atomic E-state index is 6.11. The Bertz CT molecular complexity index is 820. The van der Waals surface area contributed by atoms with Gasteiger partial charge in [-0.2, -0.15) is 5.10 Å². The Labute approximate surface area is 159 Å². The van der Waals surface area contributed by atoms with Crippen LogP contribution < -0.4 is 9.80 Å². The number of anilines is 2. The average Bonchev–Trinajstić information content (AvgIpc) is 3.40. The molecule has 0 aliphatic carbocycles. The summed E-state index contributed by atoms with van der Waals surface area (Å²) in [7, 11) is 0. The van der Waals surface area contributed by atoms with Crippen LogP contribution in [0.5, 0.6) is 0 Å². The highest BCUT2D eigenvalue weighted by Crippen LogP contribution is 2.40. The molecule has 1 spiro atoms. The first-order chi connectivity index (χ1) is 13.3. The van der Waals surface area contributed by atoms with Gasteiger partial charge in [-0.1, -0.05) is 0 Å². The Morgan fingerprint density at radius 2 is 1.93 bits per heavy atom. The van der Waals surface area contributed by atoms with E-state index in [1.54, 1.807) is 0 Å². The molecule has 144 valence electrons. The number of ether oxygens (including phenoxy) is 2. The molecule has 27 heavy (non-hydrogen) atoms. The first-order valence-corrected chi connectivity index (χ1v) is 10.4. The maximum atomic E-state index is 6.11. The molecule has 6 rings (SSSR count). The van der Waals surface area contributed by atoms with Gasteiger partial charge in [-0.25, -0.2) is 4.98 Å². The van der Waals surface area contributed by atoms with Crippen LogP contribution in [0.2, 0.25) is 0 Å². The summed E-state index contributed by atoms with van der Waals surface area (Å²) in [4.78, 5) is 9.94. The van der Waals surface area contributed by atoms with E-state index in [4.69, 9.17) is 14.5 Å². The largest absolute Gasteiger partial charge is 0.377 e. The number of pyridine rings is 1. The lowest BCUT2D eigenvalue weighted by atomic mass is 9.88. The van der Waals surface area contributed by atoms with Gasteiger partial charge in [-0.3, -0.25) is 5.10 Å². The number of nitrogens with one attached hydrogen (secondary N) is 1. The molecule has 4 aliphatic rings. The molecular weight excluding hydrogens is 342 g/mol. The van der Waals surface area contributed by atoms with Crippen LogP contribution in [0.25, 0.3) is 11.0 Å². The fourth-order valence-electron chi connectivity index (χ4n) is 5.60. The lowest BCUT2D eigenvalue weighted by molar-refractivity contribution is -0.0145. The normalized spacial score (nSPS) is 29.9. The zero-order valence-electron chi connectivity index (χ0n) is 15.7. The van der Waals surface area contributed by atoms with Crippen molar-refractivity contribution in [3.63, 3.8) is 0 Å². The second kappa shape index (κ2) is 6.07. The van der Waals surface area contributed by atoms with Crippen LogP contribution in [0.4, 0.5) is 11.5 Å². The predicted molar refractivity (Wildman–Crippen MR) is 103 cm³/mol. The van der Waals surface area contributed by atoms with Crippen molar-refractivity contribution in [3.8, 4) is 0 Å². The van der Waals surface area contributed by atoms with Crippen molar-refractivity contribution < 1.29 is 9.47 Å². The maximum Gasteiger partial charge on any atom is 0.159 e.